The quantitative estimate of drug-likeness (QED) is 0.745. The highest BCUT2D eigenvalue weighted by atomic mass is 19.4. The van der Waals surface area contributed by atoms with Gasteiger partial charge in [-0.15, -0.1) is 0 Å². The highest BCUT2D eigenvalue weighted by Crippen LogP contribution is 2.29. The minimum atomic E-state index is -4.68. The van der Waals surface area contributed by atoms with Crippen LogP contribution in [0.5, 0.6) is 0 Å². The molecule has 0 aliphatic heterocycles. The van der Waals surface area contributed by atoms with Gasteiger partial charge in [0.1, 0.15) is 6.61 Å². The molecular formula is C17H20F3N3O3. The van der Waals surface area contributed by atoms with Crippen molar-refractivity contribution < 1.29 is 27.2 Å². The van der Waals surface area contributed by atoms with Crippen LogP contribution in [-0.2, 0) is 22.3 Å². The Bertz CT molecular complexity index is 729. The average molecular weight is 371 g/mol. The Morgan fingerprint density at radius 1 is 1.31 bits per heavy atom. The van der Waals surface area contributed by atoms with Crippen LogP contribution in [0.15, 0.2) is 28.8 Å². The van der Waals surface area contributed by atoms with Crippen LogP contribution in [0, 0.1) is 0 Å². The zero-order chi connectivity index (χ0) is 19.3. The lowest BCUT2D eigenvalue weighted by Gasteiger charge is -2.28. The Morgan fingerprint density at radius 2 is 1.96 bits per heavy atom. The second kappa shape index (κ2) is 8.31. The van der Waals surface area contributed by atoms with Crippen LogP contribution in [0.3, 0.4) is 0 Å². The highest BCUT2D eigenvalue weighted by molar-refractivity contribution is 5.77. The van der Waals surface area contributed by atoms with Gasteiger partial charge in [0.25, 0.3) is 0 Å². The third-order valence-electron chi connectivity index (χ3n) is 3.94. The normalized spacial score (nSPS) is 12.8. The Balaban J connectivity index is 2.15. The monoisotopic (exact) mass is 371 g/mol. The first-order valence-electron chi connectivity index (χ1n) is 8.04. The number of hydrogen-bond donors (Lipinski definition) is 0. The summed E-state index contributed by atoms with van der Waals surface area (Å²) in [5, 5.41) is 3.35. The summed E-state index contributed by atoms with van der Waals surface area (Å²) in [4.78, 5) is 17.3. The topological polar surface area (TPSA) is 68.5 Å². The molecule has 0 saturated carbocycles. The van der Waals surface area contributed by atoms with Crippen LogP contribution in [-0.4, -0.2) is 40.7 Å². The number of carbonyl (C=O) groups is 1. The summed E-state index contributed by atoms with van der Waals surface area (Å²) in [7, 11) is 1.46. The van der Waals surface area contributed by atoms with E-state index in [4.69, 9.17) is 4.74 Å². The molecule has 0 N–H and O–H groups in total. The van der Waals surface area contributed by atoms with Gasteiger partial charge in [0.05, 0.1) is 0 Å². The third-order valence-corrected chi connectivity index (χ3v) is 3.94. The molecule has 1 heterocycles. The fourth-order valence-electron chi connectivity index (χ4n) is 2.33. The van der Waals surface area contributed by atoms with Crippen molar-refractivity contribution in [3.63, 3.8) is 0 Å². The number of carbonyl (C=O) groups excluding carboxylic acids is 1. The molecule has 1 atom stereocenters. The number of rotatable bonds is 7. The van der Waals surface area contributed by atoms with Crippen molar-refractivity contribution in [2.75, 3.05) is 13.7 Å². The largest absolute Gasteiger partial charge is 0.471 e. The SMILES string of the molecule is CCC(C)N(Cc1ccc(-c2noc(C(F)(F)F)n2)cc1)C(=O)COC. The predicted octanol–water partition coefficient (Wildman–Crippen LogP) is 3.53. The maximum Gasteiger partial charge on any atom is 0.471 e. The summed E-state index contributed by atoms with van der Waals surface area (Å²) < 4.78 is 46.7. The van der Waals surface area contributed by atoms with E-state index in [1.165, 1.54) is 7.11 Å². The van der Waals surface area contributed by atoms with E-state index in [1.807, 2.05) is 13.8 Å². The van der Waals surface area contributed by atoms with Gasteiger partial charge >= 0.3 is 12.1 Å². The Kier molecular flexibility index (Phi) is 6.36. The number of ether oxygens (including phenoxy) is 1. The molecule has 2 aromatic rings. The highest BCUT2D eigenvalue weighted by Gasteiger charge is 2.38. The first-order chi connectivity index (χ1) is 12.3. The van der Waals surface area contributed by atoms with E-state index in [0.29, 0.717) is 12.1 Å². The molecule has 0 aliphatic rings. The summed E-state index contributed by atoms with van der Waals surface area (Å²) >= 11 is 0. The van der Waals surface area contributed by atoms with Crippen molar-refractivity contribution in [2.45, 2.75) is 39.0 Å². The maximum atomic E-state index is 12.5. The summed E-state index contributed by atoms with van der Waals surface area (Å²) in [6, 6.07) is 6.65. The molecule has 26 heavy (non-hydrogen) atoms. The van der Waals surface area contributed by atoms with Crippen molar-refractivity contribution in [3.8, 4) is 11.4 Å². The van der Waals surface area contributed by atoms with Gasteiger partial charge in [-0.05, 0) is 18.9 Å². The van der Waals surface area contributed by atoms with Gasteiger partial charge in [0.15, 0.2) is 0 Å². The number of halogens is 3. The number of hydrogen-bond acceptors (Lipinski definition) is 5. The summed E-state index contributed by atoms with van der Waals surface area (Å²) in [6.45, 7) is 4.29. The lowest BCUT2D eigenvalue weighted by molar-refractivity contribution is -0.159. The van der Waals surface area contributed by atoms with E-state index >= 15 is 0 Å². The van der Waals surface area contributed by atoms with E-state index in [1.54, 1.807) is 29.2 Å². The molecule has 0 fully saturated rings. The van der Waals surface area contributed by atoms with Crippen LogP contribution in [0.1, 0.15) is 31.7 Å². The van der Waals surface area contributed by atoms with E-state index in [2.05, 4.69) is 14.7 Å². The van der Waals surface area contributed by atoms with Crippen LogP contribution in [0.2, 0.25) is 0 Å². The van der Waals surface area contributed by atoms with Crippen LogP contribution in [0.4, 0.5) is 13.2 Å². The molecule has 1 aromatic heterocycles. The molecule has 0 aliphatic carbocycles. The van der Waals surface area contributed by atoms with Gasteiger partial charge < -0.3 is 14.2 Å². The lowest BCUT2D eigenvalue weighted by atomic mass is 10.1. The van der Waals surface area contributed by atoms with Crippen molar-refractivity contribution >= 4 is 5.91 Å². The number of benzene rings is 1. The smallest absolute Gasteiger partial charge is 0.375 e. The third kappa shape index (κ3) is 4.81. The average Bonchev–Trinajstić information content (AvgIpc) is 3.10. The molecule has 0 bridgehead atoms. The van der Waals surface area contributed by atoms with Crippen molar-refractivity contribution in [2.24, 2.45) is 0 Å². The Labute approximate surface area is 148 Å². The summed E-state index contributed by atoms with van der Waals surface area (Å²) in [6.07, 6.45) is -3.89. The Morgan fingerprint density at radius 3 is 2.46 bits per heavy atom. The van der Waals surface area contributed by atoms with Crippen molar-refractivity contribution in [1.82, 2.24) is 15.0 Å². The molecular weight excluding hydrogens is 351 g/mol. The minimum Gasteiger partial charge on any atom is -0.375 e. The zero-order valence-corrected chi connectivity index (χ0v) is 14.7. The molecule has 9 heteroatoms. The lowest BCUT2D eigenvalue weighted by Crippen LogP contribution is -2.39. The predicted molar refractivity (Wildman–Crippen MR) is 86.9 cm³/mol. The van der Waals surface area contributed by atoms with E-state index in [-0.39, 0.29) is 24.4 Å². The summed E-state index contributed by atoms with van der Waals surface area (Å²) in [5.74, 6) is -1.65. The summed E-state index contributed by atoms with van der Waals surface area (Å²) in [5.41, 5.74) is 1.23. The molecule has 1 unspecified atom stereocenters. The first kappa shape index (κ1) is 19.9. The van der Waals surface area contributed by atoms with Gasteiger partial charge in [-0.3, -0.25) is 4.79 Å². The molecule has 142 valence electrons. The van der Waals surface area contributed by atoms with Crippen LogP contribution in [0.25, 0.3) is 11.4 Å². The molecule has 0 spiro atoms. The van der Waals surface area contributed by atoms with Gasteiger partial charge in [0, 0.05) is 25.3 Å². The van der Waals surface area contributed by atoms with E-state index < -0.39 is 12.1 Å². The van der Waals surface area contributed by atoms with Gasteiger partial charge in [-0.2, -0.15) is 18.2 Å². The minimum absolute atomic E-state index is 0.00843. The number of alkyl halides is 3. The fraction of sp³-hybridized carbons (Fsp3) is 0.471. The fourth-order valence-corrected chi connectivity index (χ4v) is 2.33. The maximum absolute atomic E-state index is 12.5. The molecule has 2 rings (SSSR count). The van der Waals surface area contributed by atoms with Crippen LogP contribution < -0.4 is 0 Å². The number of amides is 1. The van der Waals surface area contributed by atoms with Gasteiger partial charge in [0.2, 0.25) is 11.7 Å². The molecule has 6 nitrogen and oxygen atoms in total. The second-order valence-electron chi connectivity index (χ2n) is 5.83. The number of nitrogens with zero attached hydrogens (tertiary/aromatic N) is 3. The Hall–Kier alpha value is -2.42. The van der Waals surface area contributed by atoms with E-state index in [9.17, 15) is 18.0 Å². The van der Waals surface area contributed by atoms with Gasteiger partial charge in [-0.1, -0.05) is 36.3 Å². The number of methoxy groups -OCH3 is 1. The van der Waals surface area contributed by atoms with Gasteiger partial charge in [-0.25, -0.2) is 0 Å². The van der Waals surface area contributed by atoms with E-state index in [0.717, 1.165) is 12.0 Å². The molecule has 0 saturated heterocycles. The standard InChI is InChI=1S/C17H20F3N3O3/c1-4-11(2)23(14(24)10-25-3)9-12-5-7-13(8-6-12)15-21-16(26-22-15)17(18,19)20/h5-8,11H,4,9-10H2,1-3H3. The van der Waals surface area contributed by atoms with Crippen molar-refractivity contribution in [3.05, 3.63) is 35.7 Å². The number of aromatic nitrogens is 2. The first-order valence-corrected chi connectivity index (χ1v) is 8.04. The molecule has 1 aromatic carbocycles. The van der Waals surface area contributed by atoms with Crippen molar-refractivity contribution in [1.29, 1.82) is 0 Å². The molecule has 1 amide bonds. The molecule has 0 radical (unpaired) electrons. The zero-order valence-electron chi connectivity index (χ0n) is 14.7. The second-order valence-corrected chi connectivity index (χ2v) is 5.83. The van der Waals surface area contributed by atoms with Crippen LogP contribution >= 0.6 is 0 Å².